The van der Waals surface area contributed by atoms with Crippen LogP contribution in [0.3, 0.4) is 0 Å². The van der Waals surface area contributed by atoms with E-state index in [-0.39, 0.29) is 5.91 Å². The number of rotatable bonds is 4. The molecule has 4 heteroatoms. The Morgan fingerprint density at radius 3 is 2.83 bits per heavy atom. The predicted octanol–water partition coefficient (Wildman–Crippen LogP) is 2.81. The molecule has 0 radical (unpaired) electrons. The third kappa shape index (κ3) is 3.33. The number of aliphatic hydroxyl groups is 1. The zero-order valence-electron chi connectivity index (χ0n) is 10.8. The molecule has 1 amide bonds. The van der Waals surface area contributed by atoms with Crippen LogP contribution in [0.25, 0.3) is 0 Å². The minimum atomic E-state index is -0.697. The standard InChI is InChI=1S/C14H21NO2S/c1-2-11-3-6-14(17,7-4-11)10-15-13(16)12-5-8-18-9-12/h5,8-9,11,17H,2-4,6-7,10H2,1H3,(H,15,16). The van der Waals surface area contributed by atoms with Crippen LogP contribution in [0.2, 0.25) is 0 Å². The van der Waals surface area contributed by atoms with Gasteiger partial charge in [-0.15, -0.1) is 0 Å². The lowest BCUT2D eigenvalue weighted by atomic mass is 9.78. The number of amides is 1. The van der Waals surface area contributed by atoms with Crippen molar-refractivity contribution in [2.75, 3.05) is 6.54 Å². The highest BCUT2D eigenvalue weighted by Crippen LogP contribution is 2.33. The van der Waals surface area contributed by atoms with E-state index in [1.54, 1.807) is 6.07 Å². The average molecular weight is 267 g/mol. The van der Waals surface area contributed by atoms with Gasteiger partial charge in [0.1, 0.15) is 0 Å². The molecule has 0 atom stereocenters. The van der Waals surface area contributed by atoms with Crippen molar-refractivity contribution in [1.29, 1.82) is 0 Å². The molecule has 1 aromatic heterocycles. The smallest absolute Gasteiger partial charge is 0.252 e. The van der Waals surface area contributed by atoms with Gasteiger partial charge in [-0.05, 0) is 43.0 Å². The minimum Gasteiger partial charge on any atom is -0.388 e. The van der Waals surface area contributed by atoms with Gasteiger partial charge in [-0.3, -0.25) is 4.79 Å². The Morgan fingerprint density at radius 2 is 2.28 bits per heavy atom. The Kier molecular flexibility index (Phi) is 4.40. The zero-order chi connectivity index (χ0) is 13.0. The minimum absolute atomic E-state index is 0.0812. The van der Waals surface area contributed by atoms with Crippen molar-refractivity contribution in [2.24, 2.45) is 5.92 Å². The molecular formula is C14H21NO2S. The van der Waals surface area contributed by atoms with Gasteiger partial charge in [0, 0.05) is 17.5 Å². The van der Waals surface area contributed by atoms with Gasteiger partial charge in [0.05, 0.1) is 5.60 Å². The van der Waals surface area contributed by atoms with Crippen molar-refractivity contribution in [1.82, 2.24) is 5.32 Å². The predicted molar refractivity (Wildman–Crippen MR) is 73.9 cm³/mol. The Bertz CT molecular complexity index is 381. The van der Waals surface area contributed by atoms with Gasteiger partial charge < -0.3 is 10.4 Å². The normalized spacial score (nSPS) is 28.0. The molecule has 18 heavy (non-hydrogen) atoms. The summed E-state index contributed by atoms with van der Waals surface area (Å²) in [4.78, 5) is 11.8. The summed E-state index contributed by atoms with van der Waals surface area (Å²) in [6.45, 7) is 2.57. The van der Waals surface area contributed by atoms with Gasteiger partial charge in [-0.25, -0.2) is 0 Å². The first-order valence-electron chi connectivity index (χ1n) is 6.66. The second-order valence-corrected chi connectivity index (χ2v) is 6.05. The number of thiophene rings is 1. The Labute approximate surface area is 112 Å². The molecule has 0 unspecified atom stereocenters. The molecule has 0 saturated heterocycles. The molecule has 1 heterocycles. The maximum Gasteiger partial charge on any atom is 0.252 e. The Balaban J connectivity index is 1.81. The van der Waals surface area contributed by atoms with Crippen molar-refractivity contribution in [2.45, 2.75) is 44.6 Å². The lowest BCUT2D eigenvalue weighted by Gasteiger charge is -2.35. The van der Waals surface area contributed by atoms with Crippen LogP contribution in [0, 0.1) is 5.92 Å². The van der Waals surface area contributed by atoms with E-state index in [2.05, 4.69) is 12.2 Å². The Morgan fingerprint density at radius 1 is 1.56 bits per heavy atom. The quantitative estimate of drug-likeness (QED) is 0.881. The van der Waals surface area contributed by atoms with Gasteiger partial charge in [-0.1, -0.05) is 13.3 Å². The first kappa shape index (κ1) is 13.6. The zero-order valence-corrected chi connectivity index (χ0v) is 11.6. The van der Waals surface area contributed by atoms with Crippen LogP contribution >= 0.6 is 11.3 Å². The summed E-state index contributed by atoms with van der Waals surface area (Å²) in [5.74, 6) is 0.667. The fourth-order valence-corrected chi connectivity index (χ4v) is 3.18. The third-order valence-electron chi connectivity index (χ3n) is 3.97. The number of nitrogens with one attached hydrogen (secondary N) is 1. The summed E-state index contributed by atoms with van der Waals surface area (Å²) in [6.07, 6.45) is 4.94. The van der Waals surface area contributed by atoms with Crippen LogP contribution in [-0.4, -0.2) is 23.2 Å². The molecule has 0 aromatic carbocycles. The highest BCUT2D eigenvalue weighted by atomic mass is 32.1. The number of hydrogen-bond acceptors (Lipinski definition) is 3. The van der Waals surface area contributed by atoms with Crippen molar-refractivity contribution in [3.63, 3.8) is 0 Å². The van der Waals surface area contributed by atoms with E-state index in [9.17, 15) is 9.90 Å². The summed E-state index contributed by atoms with van der Waals surface area (Å²) in [6, 6.07) is 1.80. The maximum absolute atomic E-state index is 11.8. The SMILES string of the molecule is CCC1CCC(O)(CNC(=O)c2ccsc2)CC1. The highest BCUT2D eigenvalue weighted by Gasteiger charge is 2.32. The molecule has 0 aliphatic heterocycles. The van der Waals surface area contributed by atoms with E-state index in [1.807, 2.05) is 10.8 Å². The van der Waals surface area contributed by atoms with Crippen molar-refractivity contribution < 1.29 is 9.90 Å². The van der Waals surface area contributed by atoms with Crippen LogP contribution in [0.5, 0.6) is 0 Å². The number of carbonyl (C=O) groups excluding carboxylic acids is 1. The molecule has 1 saturated carbocycles. The van der Waals surface area contributed by atoms with E-state index in [1.165, 1.54) is 17.8 Å². The summed E-state index contributed by atoms with van der Waals surface area (Å²) in [5.41, 5.74) is -0.0111. The first-order chi connectivity index (χ1) is 8.63. The average Bonchev–Trinajstić information content (AvgIpc) is 2.91. The lowest BCUT2D eigenvalue weighted by Crippen LogP contribution is -2.45. The largest absolute Gasteiger partial charge is 0.388 e. The summed E-state index contributed by atoms with van der Waals surface area (Å²) >= 11 is 1.51. The topological polar surface area (TPSA) is 49.3 Å². The number of hydrogen-bond donors (Lipinski definition) is 2. The van der Waals surface area contributed by atoms with Gasteiger partial charge in [-0.2, -0.15) is 11.3 Å². The van der Waals surface area contributed by atoms with Gasteiger partial charge >= 0.3 is 0 Å². The van der Waals surface area contributed by atoms with Crippen LogP contribution in [0.15, 0.2) is 16.8 Å². The molecule has 1 aliphatic rings. The molecular weight excluding hydrogens is 246 g/mol. The van der Waals surface area contributed by atoms with Crippen LogP contribution in [0.1, 0.15) is 49.4 Å². The summed E-state index contributed by atoms with van der Waals surface area (Å²) in [5, 5.41) is 17.0. The number of carbonyl (C=O) groups is 1. The second-order valence-electron chi connectivity index (χ2n) is 5.27. The van der Waals surface area contributed by atoms with E-state index < -0.39 is 5.60 Å². The van der Waals surface area contributed by atoms with E-state index >= 15 is 0 Å². The summed E-state index contributed by atoms with van der Waals surface area (Å²) < 4.78 is 0. The molecule has 0 spiro atoms. The maximum atomic E-state index is 11.8. The van der Waals surface area contributed by atoms with E-state index in [0.717, 1.165) is 31.6 Å². The van der Waals surface area contributed by atoms with Crippen molar-refractivity contribution in [3.05, 3.63) is 22.4 Å². The fourth-order valence-electron chi connectivity index (χ4n) is 2.54. The van der Waals surface area contributed by atoms with Gasteiger partial charge in [0.15, 0.2) is 0 Å². The monoisotopic (exact) mass is 267 g/mol. The molecule has 3 nitrogen and oxygen atoms in total. The highest BCUT2D eigenvalue weighted by molar-refractivity contribution is 7.08. The van der Waals surface area contributed by atoms with Crippen LogP contribution in [-0.2, 0) is 0 Å². The van der Waals surface area contributed by atoms with Crippen LogP contribution in [0.4, 0.5) is 0 Å². The third-order valence-corrected chi connectivity index (χ3v) is 4.66. The fraction of sp³-hybridized carbons (Fsp3) is 0.643. The molecule has 1 aliphatic carbocycles. The molecule has 2 rings (SSSR count). The van der Waals surface area contributed by atoms with Gasteiger partial charge in [0.2, 0.25) is 0 Å². The van der Waals surface area contributed by atoms with Crippen molar-refractivity contribution in [3.8, 4) is 0 Å². The van der Waals surface area contributed by atoms with Gasteiger partial charge in [0.25, 0.3) is 5.91 Å². The molecule has 0 bridgehead atoms. The molecule has 1 fully saturated rings. The van der Waals surface area contributed by atoms with Crippen LogP contribution < -0.4 is 5.32 Å². The second kappa shape index (κ2) is 5.85. The molecule has 2 N–H and O–H groups in total. The first-order valence-corrected chi connectivity index (χ1v) is 7.60. The molecule has 1 aromatic rings. The molecule has 100 valence electrons. The Hall–Kier alpha value is -0.870. The lowest BCUT2D eigenvalue weighted by molar-refractivity contribution is -0.00786. The van der Waals surface area contributed by atoms with E-state index in [4.69, 9.17) is 0 Å². The van der Waals surface area contributed by atoms with Crippen molar-refractivity contribution >= 4 is 17.2 Å². The van der Waals surface area contributed by atoms with E-state index in [0.29, 0.717) is 12.1 Å². The summed E-state index contributed by atoms with van der Waals surface area (Å²) in [7, 11) is 0.